The van der Waals surface area contributed by atoms with Crippen LogP contribution in [0.3, 0.4) is 0 Å². The molecule has 0 aromatic carbocycles. The van der Waals surface area contributed by atoms with Gasteiger partial charge in [0.2, 0.25) is 0 Å². The van der Waals surface area contributed by atoms with E-state index in [4.69, 9.17) is 0 Å². The van der Waals surface area contributed by atoms with Crippen molar-refractivity contribution in [3.8, 4) is 0 Å². The number of rotatable bonds is 6. The highest BCUT2D eigenvalue weighted by molar-refractivity contribution is 4.74. The summed E-state index contributed by atoms with van der Waals surface area (Å²) in [5.74, 6) is 1.85. The number of piperidine rings is 1. The molecule has 2 heteroatoms. The number of hydrogen-bond donors (Lipinski definition) is 1. The van der Waals surface area contributed by atoms with Gasteiger partial charge in [-0.25, -0.2) is 0 Å². The lowest BCUT2D eigenvalue weighted by molar-refractivity contribution is 0.157. The summed E-state index contributed by atoms with van der Waals surface area (Å²) in [5.41, 5.74) is 0. The van der Waals surface area contributed by atoms with Gasteiger partial charge in [0, 0.05) is 6.54 Å². The van der Waals surface area contributed by atoms with Crippen LogP contribution in [0.4, 0.5) is 0 Å². The highest BCUT2D eigenvalue weighted by atomic mass is 15.1. The average molecular weight is 212 g/mol. The lowest BCUT2D eigenvalue weighted by Crippen LogP contribution is -2.39. The lowest BCUT2D eigenvalue weighted by atomic mass is 9.95. The predicted octanol–water partition coefficient (Wildman–Crippen LogP) is 2.35. The van der Waals surface area contributed by atoms with Crippen molar-refractivity contribution in [1.82, 2.24) is 10.2 Å². The number of likely N-dealkylation sites (tertiary alicyclic amines) is 1. The Morgan fingerprint density at radius 3 is 2.27 bits per heavy atom. The highest BCUT2D eigenvalue weighted by Crippen LogP contribution is 2.19. The number of hydrogen-bond acceptors (Lipinski definition) is 2. The summed E-state index contributed by atoms with van der Waals surface area (Å²) in [4.78, 5) is 2.67. The molecule has 0 atom stereocenters. The van der Waals surface area contributed by atoms with Gasteiger partial charge >= 0.3 is 0 Å². The minimum Gasteiger partial charge on any atom is -0.319 e. The van der Waals surface area contributed by atoms with Gasteiger partial charge < -0.3 is 10.2 Å². The first-order valence-corrected chi connectivity index (χ1v) is 6.67. The second-order valence-corrected chi connectivity index (χ2v) is 4.98. The molecule has 1 aliphatic heterocycles. The molecule has 1 aliphatic rings. The highest BCUT2D eigenvalue weighted by Gasteiger charge is 2.19. The molecule has 0 amide bonds. The van der Waals surface area contributed by atoms with Crippen molar-refractivity contribution in [2.24, 2.45) is 11.8 Å². The van der Waals surface area contributed by atoms with Crippen molar-refractivity contribution in [3.63, 3.8) is 0 Å². The van der Waals surface area contributed by atoms with Gasteiger partial charge in [-0.3, -0.25) is 0 Å². The van der Waals surface area contributed by atoms with E-state index in [-0.39, 0.29) is 0 Å². The van der Waals surface area contributed by atoms with Crippen LogP contribution in [0.25, 0.3) is 0 Å². The normalized spacial score (nSPS) is 20.0. The van der Waals surface area contributed by atoms with Gasteiger partial charge in [-0.2, -0.15) is 0 Å². The Bertz CT molecular complexity index is 147. The third-order valence-corrected chi connectivity index (χ3v) is 3.87. The second-order valence-electron chi connectivity index (χ2n) is 4.98. The molecule has 0 aliphatic carbocycles. The van der Waals surface area contributed by atoms with E-state index in [2.05, 4.69) is 31.1 Å². The van der Waals surface area contributed by atoms with Crippen molar-refractivity contribution in [2.75, 3.05) is 33.2 Å². The Kier molecular flexibility index (Phi) is 6.26. The van der Waals surface area contributed by atoms with Crippen LogP contribution in [0.15, 0.2) is 0 Å². The van der Waals surface area contributed by atoms with Gasteiger partial charge in [0.05, 0.1) is 0 Å². The zero-order chi connectivity index (χ0) is 11.1. The van der Waals surface area contributed by atoms with Gasteiger partial charge in [0.1, 0.15) is 0 Å². The van der Waals surface area contributed by atoms with Gasteiger partial charge in [-0.05, 0) is 51.4 Å². The summed E-state index contributed by atoms with van der Waals surface area (Å²) in [6.07, 6.45) is 5.46. The quantitative estimate of drug-likeness (QED) is 0.727. The van der Waals surface area contributed by atoms with E-state index in [1.807, 2.05) is 0 Å². The molecule has 1 rings (SSSR count). The van der Waals surface area contributed by atoms with Crippen LogP contribution >= 0.6 is 0 Å². The average Bonchev–Trinajstić information content (AvgIpc) is 2.28. The summed E-state index contributed by atoms with van der Waals surface area (Å²) in [6.45, 7) is 9.83. The molecule has 0 saturated carbocycles. The van der Waals surface area contributed by atoms with Crippen LogP contribution in [0, 0.1) is 11.8 Å². The molecule has 0 radical (unpaired) electrons. The van der Waals surface area contributed by atoms with E-state index >= 15 is 0 Å². The van der Waals surface area contributed by atoms with E-state index in [9.17, 15) is 0 Å². The van der Waals surface area contributed by atoms with Crippen molar-refractivity contribution >= 4 is 0 Å². The maximum atomic E-state index is 3.30. The predicted molar refractivity (Wildman–Crippen MR) is 67.2 cm³/mol. The van der Waals surface area contributed by atoms with E-state index in [0.717, 1.165) is 11.8 Å². The summed E-state index contributed by atoms with van der Waals surface area (Å²) in [6, 6.07) is 0. The largest absolute Gasteiger partial charge is 0.319 e. The lowest BCUT2D eigenvalue weighted by Gasteiger charge is -2.33. The molecule has 2 nitrogen and oxygen atoms in total. The Morgan fingerprint density at radius 1 is 1.20 bits per heavy atom. The van der Waals surface area contributed by atoms with E-state index in [1.165, 1.54) is 51.9 Å². The number of nitrogens with zero attached hydrogens (tertiary/aromatic N) is 1. The van der Waals surface area contributed by atoms with Gasteiger partial charge in [0.15, 0.2) is 0 Å². The van der Waals surface area contributed by atoms with E-state index < -0.39 is 0 Å². The summed E-state index contributed by atoms with van der Waals surface area (Å²) < 4.78 is 0. The first-order chi connectivity index (χ1) is 7.30. The molecular formula is C13H28N2. The molecule has 1 saturated heterocycles. The number of nitrogens with one attached hydrogen (secondary N) is 1. The Hall–Kier alpha value is -0.0800. The Balaban J connectivity index is 2.19. The zero-order valence-corrected chi connectivity index (χ0v) is 10.8. The second kappa shape index (κ2) is 7.24. The van der Waals surface area contributed by atoms with Gasteiger partial charge in [-0.1, -0.05) is 26.7 Å². The first-order valence-electron chi connectivity index (χ1n) is 6.67. The summed E-state index contributed by atoms with van der Waals surface area (Å²) >= 11 is 0. The summed E-state index contributed by atoms with van der Waals surface area (Å²) in [5, 5.41) is 3.30. The van der Waals surface area contributed by atoms with Crippen LogP contribution in [-0.2, 0) is 0 Å². The molecular weight excluding hydrogens is 184 g/mol. The third-order valence-electron chi connectivity index (χ3n) is 3.87. The molecule has 1 fully saturated rings. The standard InChI is InChI=1S/C13H28N2/c1-4-12(5-2)11-15-8-6-13(7-9-15)10-14-3/h12-14H,4-11H2,1-3H3. The Morgan fingerprint density at radius 2 is 1.80 bits per heavy atom. The van der Waals surface area contributed by atoms with Crippen molar-refractivity contribution in [3.05, 3.63) is 0 Å². The maximum absolute atomic E-state index is 3.30. The van der Waals surface area contributed by atoms with Crippen LogP contribution in [-0.4, -0.2) is 38.1 Å². The maximum Gasteiger partial charge on any atom is 0.000946 e. The fourth-order valence-corrected chi connectivity index (χ4v) is 2.57. The minimum atomic E-state index is 0.922. The van der Waals surface area contributed by atoms with E-state index in [0.29, 0.717) is 0 Å². The fraction of sp³-hybridized carbons (Fsp3) is 1.00. The SMILES string of the molecule is CCC(CC)CN1CCC(CNC)CC1. The molecule has 0 spiro atoms. The smallest absolute Gasteiger partial charge is 0.000946 e. The van der Waals surface area contributed by atoms with Crippen molar-refractivity contribution in [1.29, 1.82) is 0 Å². The van der Waals surface area contributed by atoms with Crippen LogP contribution in [0.1, 0.15) is 39.5 Å². The molecule has 0 unspecified atom stereocenters. The molecule has 1 N–H and O–H groups in total. The minimum absolute atomic E-state index is 0.922. The third kappa shape index (κ3) is 4.52. The van der Waals surface area contributed by atoms with Crippen molar-refractivity contribution in [2.45, 2.75) is 39.5 Å². The Labute approximate surface area is 95.4 Å². The van der Waals surface area contributed by atoms with Gasteiger partial charge in [0.25, 0.3) is 0 Å². The molecule has 0 bridgehead atoms. The molecule has 0 aromatic heterocycles. The van der Waals surface area contributed by atoms with Crippen LogP contribution in [0.2, 0.25) is 0 Å². The monoisotopic (exact) mass is 212 g/mol. The molecule has 15 heavy (non-hydrogen) atoms. The first kappa shape index (κ1) is 13.0. The molecule has 90 valence electrons. The summed E-state index contributed by atoms with van der Waals surface area (Å²) in [7, 11) is 2.07. The van der Waals surface area contributed by atoms with Gasteiger partial charge in [-0.15, -0.1) is 0 Å². The topological polar surface area (TPSA) is 15.3 Å². The van der Waals surface area contributed by atoms with E-state index in [1.54, 1.807) is 0 Å². The zero-order valence-electron chi connectivity index (χ0n) is 10.8. The van der Waals surface area contributed by atoms with Crippen molar-refractivity contribution < 1.29 is 0 Å². The fourth-order valence-electron chi connectivity index (χ4n) is 2.57. The van der Waals surface area contributed by atoms with Crippen LogP contribution in [0.5, 0.6) is 0 Å². The molecule has 1 heterocycles. The molecule has 0 aromatic rings. The van der Waals surface area contributed by atoms with Crippen LogP contribution < -0.4 is 5.32 Å².